The predicted octanol–water partition coefficient (Wildman–Crippen LogP) is 2.17. The monoisotopic (exact) mass is 399 g/mol. The molecule has 0 radical (unpaired) electrons. The van der Waals surface area contributed by atoms with Gasteiger partial charge in [0.1, 0.15) is 0 Å². The van der Waals surface area contributed by atoms with E-state index in [9.17, 15) is 9.59 Å². The Balaban J connectivity index is 1.38. The summed E-state index contributed by atoms with van der Waals surface area (Å²) in [6.45, 7) is 1.64. The van der Waals surface area contributed by atoms with Crippen molar-refractivity contribution in [1.82, 2.24) is 24.8 Å². The Hall–Kier alpha value is -2.65. The number of nitrogens with zero attached hydrogens (tertiary/aromatic N) is 4. The van der Waals surface area contributed by atoms with Crippen molar-refractivity contribution in [2.24, 2.45) is 0 Å². The normalized spacial score (nSPS) is 13.7. The van der Waals surface area contributed by atoms with E-state index < -0.39 is 0 Å². The first-order valence-electron chi connectivity index (χ1n) is 8.58. The minimum atomic E-state index is -0.154. The second kappa shape index (κ2) is 7.93. The SMILES string of the molecule is O=C(NCc1ccccc1)c1nc2c(s1)CCN(C(=O)c1csnn1)CC2. The van der Waals surface area contributed by atoms with Crippen LogP contribution in [0.25, 0.3) is 0 Å². The third-order valence-corrected chi connectivity index (χ3v) is 6.02. The number of nitrogens with one attached hydrogen (secondary N) is 1. The van der Waals surface area contributed by atoms with E-state index in [0.29, 0.717) is 43.2 Å². The molecule has 7 nitrogen and oxygen atoms in total. The maximum Gasteiger partial charge on any atom is 0.280 e. The standard InChI is InChI=1S/C18H17N5O2S2/c24-16(19-10-12-4-2-1-3-5-12)17-20-13-6-8-23(9-7-15(13)27-17)18(25)14-11-26-22-21-14/h1-5,11H,6-10H2,(H,19,24). The Morgan fingerprint density at radius 3 is 2.74 bits per heavy atom. The fraction of sp³-hybridized carbons (Fsp3) is 0.278. The van der Waals surface area contributed by atoms with Crippen molar-refractivity contribution in [3.8, 4) is 0 Å². The number of hydrogen-bond acceptors (Lipinski definition) is 7. The summed E-state index contributed by atoms with van der Waals surface area (Å²) in [4.78, 5) is 32.2. The Kier molecular flexibility index (Phi) is 5.21. The maximum atomic E-state index is 12.4. The molecule has 2 amide bonds. The molecule has 0 saturated carbocycles. The molecular formula is C18H17N5O2S2. The average Bonchev–Trinajstić information content (AvgIpc) is 3.33. The van der Waals surface area contributed by atoms with Crippen molar-refractivity contribution < 1.29 is 9.59 Å². The van der Waals surface area contributed by atoms with Crippen LogP contribution in [0.5, 0.6) is 0 Å². The quantitative estimate of drug-likeness (QED) is 0.726. The van der Waals surface area contributed by atoms with Gasteiger partial charge in [-0.05, 0) is 17.1 Å². The molecule has 1 aliphatic rings. The van der Waals surface area contributed by atoms with Gasteiger partial charge in [-0.2, -0.15) is 0 Å². The molecule has 0 saturated heterocycles. The maximum absolute atomic E-state index is 12.4. The van der Waals surface area contributed by atoms with E-state index in [4.69, 9.17) is 0 Å². The Morgan fingerprint density at radius 1 is 1.15 bits per heavy atom. The van der Waals surface area contributed by atoms with E-state index in [1.807, 2.05) is 30.3 Å². The van der Waals surface area contributed by atoms with E-state index >= 15 is 0 Å². The van der Waals surface area contributed by atoms with E-state index in [2.05, 4.69) is 19.9 Å². The summed E-state index contributed by atoms with van der Waals surface area (Å²) in [6, 6.07) is 9.79. The summed E-state index contributed by atoms with van der Waals surface area (Å²) in [7, 11) is 0. The average molecular weight is 400 g/mol. The van der Waals surface area contributed by atoms with E-state index in [1.54, 1.807) is 10.3 Å². The first-order chi connectivity index (χ1) is 13.2. The summed E-state index contributed by atoms with van der Waals surface area (Å²) in [5.41, 5.74) is 2.35. The lowest BCUT2D eigenvalue weighted by atomic mass is 10.2. The summed E-state index contributed by atoms with van der Waals surface area (Å²) < 4.78 is 3.75. The molecule has 2 aromatic heterocycles. The van der Waals surface area contributed by atoms with Crippen molar-refractivity contribution >= 4 is 34.7 Å². The van der Waals surface area contributed by atoms with Crippen LogP contribution in [0.3, 0.4) is 0 Å². The smallest absolute Gasteiger partial charge is 0.280 e. The lowest BCUT2D eigenvalue weighted by Crippen LogP contribution is -2.33. The largest absolute Gasteiger partial charge is 0.346 e. The zero-order chi connectivity index (χ0) is 18.6. The molecule has 3 heterocycles. The van der Waals surface area contributed by atoms with Gasteiger partial charge in [-0.15, -0.1) is 16.4 Å². The molecule has 0 aliphatic carbocycles. The van der Waals surface area contributed by atoms with Crippen molar-refractivity contribution in [2.45, 2.75) is 19.4 Å². The number of fused-ring (bicyclic) bond motifs is 1. The highest BCUT2D eigenvalue weighted by atomic mass is 32.1. The van der Waals surface area contributed by atoms with Crippen molar-refractivity contribution in [1.29, 1.82) is 0 Å². The first kappa shape index (κ1) is 17.7. The zero-order valence-corrected chi connectivity index (χ0v) is 16.1. The second-order valence-corrected chi connectivity index (χ2v) is 7.83. The minimum absolute atomic E-state index is 0.0975. The summed E-state index contributed by atoms with van der Waals surface area (Å²) in [5, 5.41) is 8.92. The third kappa shape index (κ3) is 4.04. The molecule has 0 bridgehead atoms. The molecule has 138 valence electrons. The predicted molar refractivity (Wildman–Crippen MR) is 103 cm³/mol. The number of thiazole rings is 1. The van der Waals surface area contributed by atoms with Gasteiger partial charge in [-0.3, -0.25) is 9.59 Å². The third-order valence-electron chi connectivity index (χ3n) is 4.36. The molecule has 1 N–H and O–H groups in total. The van der Waals surface area contributed by atoms with Gasteiger partial charge >= 0.3 is 0 Å². The zero-order valence-electron chi connectivity index (χ0n) is 14.4. The summed E-state index contributed by atoms with van der Waals surface area (Å²) in [5.74, 6) is -0.252. The van der Waals surface area contributed by atoms with Crippen molar-refractivity contribution in [3.05, 3.63) is 62.5 Å². The number of benzene rings is 1. The number of hydrogen-bond donors (Lipinski definition) is 1. The Bertz CT molecular complexity index is 915. The van der Waals surface area contributed by atoms with Crippen molar-refractivity contribution in [2.75, 3.05) is 13.1 Å². The van der Waals surface area contributed by atoms with E-state index in [1.165, 1.54) is 22.9 Å². The fourth-order valence-electron chi connectivity index (χ4n) is 2.94. The van der Waals surface area contributed by atoms with Crippen LogP contribution in [0.4, 0.5) is 0 Å². The number of carbonyl (C=O) groups excluding carboxylic acids is 2. The molecule has 27 heavy (non-hydrogen) atoms. The second-order valence-electron chi connectivity index (χ2n) is 6.14. The molecule has 4 rings (SSSR count). The highest BCUT2D eigenvalue weighted by molar-refractivity contribution is 7.13. The Labute approximate surface area is 164 Å². The molecule has 0 atom stereocenters. The topological polar surface area (TPSA) is 88.1 Å². The number of carbonyl (C=O) groups is 2. The highest BCUT2D eigenvalue weighted by Crippen LogP contribution is 2.23. The van der Waals surface area contributed by atoms with Crippen LogP contribution in [0.1, 0.15) is 36.4 Å². The molecule has 0 unspecified atom stereocenters. The highest BCUT2D eigenvalue weighted by Gasteiger charge is 2.25. The molecule has 3 aromatic rings. The van der Waals surface area contributed by atoms with Crippen LogP contribution in [-0.2, 0) is 19.4 Å². The summed E-state index contributed by atoms with van der Waals surface area (Å²) in [6.07, 6.45) is 1.34. The molecule has 0 fully saturated rings. The number of aromatic nitrogens is 3. The van der Waals surface area contributed by atoms with Crippen LogP contribution >= 0.6 is 22.9 Å². The van der Waals surface area contributed by atoms with Gasteiger partial charge in [-0.25, -0.2) is 4.98 Å². The van der Waals surface area contributed by atoms with Gasteiger partial charge in [0.25, 0.3) is 11.8 Å². The van der Waals surface area contributed by atoms with Gasteiger partial charge in [0.2, 0.25) is 0 Å². The van der Waals surface area contributed by atoms with Crippen molar-refractivity contribution in [3.63, 3.8) is 0 Å². The Morgan fingerprint density at radius 2 is 1.96 bits per heavy atom. The van der Waals surface area contributed by atoms with Crippen LogP contribution in [0.15, 0.2) is 35.7 Å². The van der Waals surface area contributed by atoms with E-state index in [0.717, 1.165) is 16.1 Å². The van der Waals surface area contributed by atoms with Gasteiger partial charge in [0.05, 0.1) is 5.69 Å². The molecule has 0 spiro atoms. The molecule has 1 aliphatic heterocycles. The van der Waals surface area contributed by atoms with Gasteiger partial charge < -0.3 is 10.2 Å². The number of amides is 2. The van der Waals surface area contributed by atoms with Gasteiger partial charge in [0, 0.05) is 42.7 Å². The first-order valence-corrected chi connectivity index (χ1v) is 10.2. The van der Waals surface area contributed by atoms with Crippen LogP contribution in [0, 0.1) is 0 Å². The van der Waals surface area contributed by atoms with Crippen LogP contribution < -0.4 is 5.32 Å². The number of rotatable bonds is 4. The van der Waals surface area contributed by atoms with Gasteiger partial charge in [-0.1, -0.05) is 34.8 Å². The molecule has 1 aromatic carbocycles. The van der Waals surface area contributed by atoms with Gasteiger partial charge in [0.15, 0.2) is 10.7 Å². The van der Waals surface area contributed by atoms with Crippen LogP contribution in [0.2, 0.25) is 0 Å². The van der Waals surface area contributed by atoms with Crippen LogP contribution in [-0.4, -0.2) is 44.4 Å². The minimum Gasteiger partial charge on any atom is -0.346 e. The molecule has 9 heteroatoms. The molecular weight excluding hydrogens is 382 g/mol. The lowest BCUT2D eigenvalue weighted by Gasteiger charge is -2.18. The summed E-state index contributed by atoms with van der Waals surface area (Å²) >= 11 is 2.59. The van der Waals surface area contributed by atoms with E-state index in [-0.39, 0.29) is 11.8 Å². The lowest BCUT2D eigenvalue weighted by molar-refractivity contribution is 0.0756. The fourth-order valence-corrected chi connectivity index (χ4v) is 4.38.